The highest BCUT2D eigenvalue weighted by Gasteiger charge is 2.08. The van der Waals surface area contributed by atoms with E-state index < -0.39 is 0 Å². The maximum Gasteiger partial charge on any atom is 0.337 e. The Labute approximate surface area is 128 Å². The molecule has 0 fully saturated rings. The zero-order valence-electron chi connectivity index (χ0n) is 12.1. The van der Waals surface area contributed by atoms with Crippen molar-refractivity contribution in [2.75, 3.05) is 7.11 Å². The van der Waals surface area contributed by atoms with E-state index in [2.05, 4.69) is 14.5 Å². The first kappa shape index (κ1) is 14.0. The summed E-state index contributed by atoms with van der Waals surface area (Å²) in [5, 5.41) is 0. The van der Waals surface area contributed by atoms with E-state index >= 15 is 0 Å². The summed E-state index contributed by atoms with van der Waals surface area (Å²) in [4.78, 5) is 19.9. The van der Waals surface area contributed by atoms with Gasteiger partial charge in [0.2, 0.25) is 0 Å². The van der Waals surface area contributed by atoms with Crippen molar-refractivity contribution < 1.29 is 9.53 Å². The van der Waals surface area contributed by atoms with E-state index in [1.807, 2.05) is 30.5 Å². The molecule has 0 aliphatic carbocycles. The Morgan fingerprint density at radius 3 is 2.50 bits per heavy atom. The first-order valence-corrected chi connectivity index (χ1v) is 6.87. The zero-order valence-corrected chi connectivity index (χ0v) is 12.1. The molecule has 2 heterocycles. The predicted octanol–water partition coefficient (Wildman–Crippen LogP) is 2.78. The summed E-state index contributed by atoms with van der Waals surface area (Å²) in [7, 11) is 1.38. The number of hydrogen-bond acceptors (Lipinski definition) is 4. The quantitative estimate of drug-likeness (QED) is 0.694. The van der Waals surface area contributed by atoms with Crippen LogP contribution < -0.4 is 0 Å². The highest BCUT2D eigenvalue weighted by Crippen LogP contribution is 2.17. The molecule has 0 aliphatic rings. The van der Waals surface area contributed by atoms with E-state index in [4.69, 9.17) is 4.74 Å². The average molecular weight is 293 g/mol. The molecular formula is C17H15N3O2. The summed E-state index contributed by atoms with van der Waals surface area (Å²) in [6.07, 6.45) is 7.21. The van der Waals surface area contributed by atoms with Gasteiger partial charge in [-0.3, -0.25) is 4.98 Å². The van der Waals surface area contributed by atoms with Crippen molar-refractivity contribution in [3.05, 3.63) is 72.3 Å². The van der Waals surface area contributed by atoms with Crippen LogP contribution in [0.5, 0.6) is 0 Å². The molecule has 1 aromatic carbocycles. The number of esters is 1. The topological polar surface area (TPSA) is 57.0 Å². The number of ether oxygens (including phenoxy) is 1. The standard InChI is InChI=1S/C17H15N3O2/c1-22-17(21)15-4-2-13(3-5-15)12-20-11-10-19-16(20)14-6-8-18-9-7-14/h2-11H,12H2,1H3. The summed E-state index contributed by atoms with van der Waals surface area (Å²) in [6, 6.07) is 11.2. The molecule has 0 bridgehead atoms. The maximum atomic E-state index is 11.4. The minimum atomic E-state index is -0.327. The minimum Gasteiger partial charge on any atom is -0.465 e. The van der Waals surface area contributed by atoms with Gasteiger partial charge in [0.25, 0.3) is 0 Å². The van der Waals surface area contributed by atoms with Crippen molar-refractivity contribution in [3.8, 4) is 11.4 Å². The van der Waals surface area contributed by atoms with Gasteiger partial charge in [0.1, 0.15) is 5.82 Å². The summed E-state index contributed by atoms with van der Waals surface area (Å²) in [6.45, 7) is 0.680. The van der Waals surface area contributed by atoms with E-state index in [-0.39, 0.29) is 5.97 Å². The van der Waals surface area contributed by atoms with Gasteiger partial charge in [-0.15, -0.1) is 0 Å². The molecule has 0 unspecified atom stereocenters. The Balaban J connectivity index is 1.83. The normalized spacial score (nSPS) is 10.4. The summed E-state index contributed by atoms with van der Waals surface area (Å²) >= 11 is 0. The van der Waals surface area contributed by atoms with Crippen molar-refractivity contribution in [2.24, 2.45) is 0 Å². The van der Waals surface area contributed by atoms with Gasteiger partial charge < -0.3 is 9.30 Å². The number of imidazole rings is 1. The third-order valence-corrected chi connectivity index (χ3v) is 3.38. The SMILES string of the molecule is COC(=O)c1ccc(Cn2ccnc2-c2ccncc2)cc1. The van der Waals surface area contributed by atoms with Crippen LogP contribution in [-0.4, -0.2) is 27.6 Å². The van der Waals surface area contributed by atoms with Crippen LogP contribution in [0.25, 0.3) is 11.4 Å². The smallest absolute Gasteiger partial charge is 0.337 e. The lowest BCUT2D eigenvalue weighted by Crippen LogP contribution is -2.03. The van der Waals surface area contributed by atoms with E-state index in [9.17, 15) is 4.79 Å². The number of hydrogen-bond donors (Lipinski definition) is 0. The molecule has 0 spiro atoms. The van der Waals surface area contributed by atoms with E-state index in [1.165, 1.54) is 7.11 Å². The number of carbonyl (C=O) groups excluding carboxylic acids is 1. The highest BCUT2D eigenvalue weighted by molar-refractivity contribution is 5.89. The molecule has 0 N–H and O–H groups in total. The number of benzene rings is 1. The fourth-order valence-electron chi connectivity index (χ4n) is 2.26. The number of methoxy groups -OCH3 is 1. The van der Waals surface area contributed by atoms with Gasteiger partial charge >= 0.3 is 5.97 Å². The van der Waals surface area contributed by atoms with Crippen LogP contribution >= 0.6 is 0 Å². The van der Waals surface area contributed by atoms with Gasteiger partial charge in [0.05, 0.1) is 12.7 Å². The summed E-state index contributed by atoms with van der Waals surface area (Å²) in [5.41, 5.74) is 2.65. The molecule has 5 nitrogen and oxygen atoms in total. The van der Waals surface area contributed by atoms with Crippen LogP contribution in [-0.2, 0) is 11.3 Å². The van der Waals surface area contributed by atoms with Crippen LogP contribution in [0.2, 0.25) is 0 Å². The lowest BCUT2D eigenvalue weighted by atomic mass is 10.1. The number of pyridine rings is 1. The molecular weight excluding hydrogens is 278 g/mol. The van der Waals surface area contributed by atoms with Crippen LogP contribution in [0.3, 0.4) is 0 Å². The number of aromatic nitrogens is 3. The molecule has 5 heteroatoms. The second-order valence-electron chi connectivity index (χ2n) is 4.80. The molecule has 0 radical (unpaired) electrons. The van der Waals surface area contributed by atoms with Gasteiger partial charge in [-0.05, 0) is 29.8 Å². The average Bonchev–Trinajstić information content (AvgIpc) is 3.04. The van der Waals surface area contributed by atoms with Gasteiger partial charge in [-0.25, -0.2) is 9.78 Å². The largest absolute Gasteiger partial charge is 0.465 e. The number of carbonyl (C=O) groups is 1. The van der Waals surface area contributed by atoms with Crippen LogP contribution in [0.15, 0.2) is 61.2 Å². The third kappa shape index (κ3) is 2.88. The summed E-state index contributed by atoms with van der Waals surface area (Å²) < 4.78 is 6.76. The fraction of sp³-hybridized carbons (Fsp3) is 0.118. The van der Waals surface area contributed by atoms with Crippen molar-refractivity contribution in [1.82, 2.24) is 14.5 Å². The van der Waals surface area contributed by atoms with Gasteiger partial charge in [-0.2, -0.15) is 0 Å². The first-order valence-electron chi connectivity index (χ1n) is 6.87. The molecule has 0 saturated carbocycles. The zero-order chi connectivity index (χ0) is 15.4. The first-order chi connectivity index (χ1) is 10.8. The maximum absolute atomic E-state index is 11.4. The lowest BCUT2D eigenvalue weighted by Gasteiger charge is -2.08. The van der Waals surface area contributed by atoms with Crippen LogP contribution in [0.4, 0.5) is 0 Å². The van der Waals surface area contributed by atoms with E-state index in [0.29, 0.717) is 12.1 Å². The van der Waals surface area contributed by atoms with Gasteiger partial charge in [-0.1, -0.05) is 12.1 Å². The Morgan fingerprint density at radius 1 is 1.09 bits per heavy atom. The van der Waals surface area contributed by atoms with Crippen LogP contribution in [0, 0.1) is 0 Å². The predicted molar refractivity (Wildman–Crippen MR) is 82.3 cm³/mol. The van der Waals surface area contributed by atoms with Crippen LogP contribution in [0.1, 0.15) is 15.9 Å². The molecule has 3 aromatic rings. The lowest BCUT2D eigenvalue weighted by molar-refractivity contribution is 0.0600. The fourth-order valence-corrected chi connectivity index (χ4v) is 2.26. The van der Waals surface area contributed by atoms with Crippen molar-refractivity contribution in [2.45, 2.75) is 6.54 Å². The molecule has 0 amide bonds. The second-order valence-corrected chi connectivity index (χ2v) is 4.80. The Bertz CT molecular complexity index is 764. The molecule has 110 valence electrons. The molecule has 22 heavy (non-hydrogen) atoms. The molecule has 0 aliphatic heterocycles. The van der Waals surface area contributed by atoms with Crippen molar-refractivity contribution in [3.63, 3.8) is 0 Å². The molecule has 0 atom stereocenters. The Hall–Kier alpha value is -2.95. The highest BCUT2D eigenvalue weighted by atomic mass is 16.5. The monoisotopic (exact) mass is 293 g/mol. The summed E-state index contributed by atoms with van der Waals surface area (Å²) in [5.74, 6) is 0.561. The Kier molecular flexibility index (Phi) is 3.96. The number of rotatable bonds is 4. The second kappa shape index (κ2) is 6.22. The van der Waals surface area contributed by atoms with Gasteiger partial charge in [0.15, 0.2) is 0 Å². The minimum absolute atomic E-state index is 0.327. The molecule has 0 saturated heterocycles. The van der Waals surface area contributed by atoms with Crippen molar-refractivity contribution in [1.29, 1.82) is 0 Å². The van der Waals surface area contributed by atoms with Crippen molar-refractivity contribution >= 4 is 5.97 Å². The molecule has 2 aromatic heterocycles. The van der Waals surface area contributed by atoms with E-state index in [1.54, 1.807) is 30.7 Å². The Morgan fingerprint density at radius 2 is 1.82 bits per heavy atom. The third-order valence-electron chi connectivity index (χ3n) is 3.38. The van der Waals surface area contributed by atoms with Gasteiger partial charge in [0, 0.05) is 36.9 Å². The number of nitrogens with zero attached hydrogens (tertiary/aromatic N) is 3. The molecule has 3 rings (SSSR count). The van der Waals surface area contributed by atoms with E-state index in [0.717, 1.165) is 17.0 Å².